The lowest BCUT2D eigenvalue weighted by atomic mass is 9.89. The molecule has 1 aromatic rings. The lowest BCUT2D eigenvalue weighted by Gasteiger charge is -2.19. The van der Waals surface area contributed by atoms with Gasteiger partial charge in [0.15, 0.2) is 0 Å². The molecule has 0 saturated heterocycles. The Hall–Kier alpha value is -1.91. The van der Waals surface area contributed by atoms with Crippen molar-refractivity contribution < 1.29 is 20.1 Å². The minimum Gasteiger partial charge on any atom is -0.481 e. The van der Waals surface area contributed by atoms with Crippen molar-refractivity contribution in [3.8, 4) is 0 Å². The van der Waals surface area contributed by atoms with E-state index in [1.807, 2.05) is 18.2 Å². The number of carbonyl (C=O) groups is 1. The summed E-state index contributed by atoms with van der Waals surface area (Å²) in [6.07, 6.45) is 13.0. The number of aliphatic hydroxyl groups excluding tert-OH is 2. The Bertz CT molecular complexity index is 608. The molecule has 0 aromatic heterocycles. The van der Waals surface area contributed by atoms with Gasteiger partial charge in [-0.2, -0.15) is 0 Å². The van der Waals surface area contributed by atoms with E-state index >= 15 is 0 Å². The first kappa shape index (κ1) is 21.4. The van der Waals surface area contributed by atoms with Crippen molar-refractivity contribution in [2.45, 2.75) is 63.6 Å². The van der Waals surface area contributed by atoms with Gasteiger partial charge in [0, 0.05) is 18.8 Å². The highest BCUT2D eigenvalue weighted by atomic mass is 16.4. The van der Waals surface area contributed by atoms with Crippen LogP contribution >= 0.6 is 0 Å². The molecule has 0 heterocycles. The summed E-state index contributed by atoms with van der Waals surface area (Å²) in [5, 5.41) is 29.2. The molecule has 1 fully saturated rings. The van der Waals surface area contributed by atoms with E-state index in [9.17, 15) is 15.0 Å². The molecule has 0 unspecified atom stereocenters. The van der Waals surface area contributed by atoms with Crippen LogP contribution in [0.4, 0.5) is 0 Å². The van der Waals surface area contributed by atoms with E-state index in [0.29, 0.717) is 19.3 Å². The Kier molecular flexibility index (Phi) is 9.29. The lowest BCUT2D eigenvalue weighted by Crippen LogP contribution is -2.19. The van der Waals surface area contributed by atoms with E-state index in [2.05, 4.69) is 36.4 Å². The van der Waals surface area contributed by atoms with E-state index in [0.717, 1.165) is 25.7 Å². The Morgan fingerprint density at radius 1 is 1.00 bits per heavy atom. The fourth-order valence-corrected chi connectivity index (χ4v) is 3.77. The van der Waals surface area contributed by atoms with E-state index in [1.54, 1.807) is 0 Å². The van der Waals surface area contributed by atoms with Crippen LogP contribution in [-0.4, -0.2) is 33.5 Å². The second kappa shape index (κ2) is 11.7. The predicted octanol–water partition coefficient (Wildman–Crippen LogP) is 4.12. The normalized spacial score (nSPS) is 25.6. The third kappa shape index (κ3) is 7.69. The molecular weight excluding hydrogens is 340 g/mol. The average molecular weight is 373 g/mol. The fraction of sp³-hybridized carbons (Fsp3) is 0.522. The molecule has 27 heavy (non-hydrogen) atoms. The van der Waals surface area contributed by atoms with Crippen LogP contribution in [0.1, 0.15) is 50.5 Å². The number of hydrogen-bond donors (Lipinski definition) is 3. The minimum atomic E-state index is -0.768. The third-order valence-electron chi connectivity index (χ3n) is 5.29. The summed E-state index contributed by atoms with van der Waals surface area (Å²) >= 11 is 0. The fourth-order valence-electron chi connectivity index (χ4n) is 3.77. The molecule has 0 radical (unpaired) electrons. The van der Waals surface area contributed by atoms with Crippen molar-refractivity contribution in [1.29, 1.82) is 0 Å². The van der Waals surface area contributed by atoms with Gasteiger partial charge in [-0.15, -0.1) is 0 Å². The third-order valence-corrected chi connectivity index (χ3v) is 5.29. The zero-order chi connectivity index (χ0) is 19.5. The van der Waals surface area contributed by atoms with Gasteiger partial charge in [-0.3, -0.25) is 4.79 Å². The SMILES string of the molecule is O=C(O)CCC/C=C\C[C@@H]1[C@@H](/C=C/CCCc2ccccc2)[C@H](O)C[C@@H]1O. The zero-order valence-electron chi connectivity index (χ0n) is 15.9. The number of allylic oxidation sites excluding steroid dienone is 3. The first-order valence-corrected chi connectivity index (χ1v) is 10.0. The number of hydrogen-bond acceptors (Lipinski definition) is 3. The van der Waals surface area contributed by atoms with Gasteiger partial charge in [-0.25, -0.2) is 0 Å². The molecule has 1 aromatic carbocycles. The van der Waals surface area contributed by atoms with Crippen molar-refractivity contribution in [1.82, 2.24) is 0 Å². The molecule has 1 aliphatic rings. The second-order valence-electron chi connectivity index (χ2n) is 7.41. The summed E-state index contributed by atoms with van der Waals surface area (Å²) in [6, 6.07) is 10.4. The van der Waals surface area contributed by atoms with Gasteiger partial charge in [0.1, 0.15) is 0 Å². The van der Waals surface area contributed by atoms with E-state index in [-0.39, 0.29) is 18.3 Å². The van der Waals surface area contributed by atoms with E-state index in [1.165, 1.54) is 5.56 Å². The van der Waals surface area contributed by atoms with Crippen LogP contribution in [-0.2, 0) is 11.2 Å². The first-order valence-electron chi connectivity index (χ1n) is 10.0. The topological polar surface area (TPSA) is 77.8 Å². The molecule has 0 amide bonds. The maximum absolute atomic E-state index is 10.5. The first-order chi connectivity index (χ1) is 13.1. The average Bonchev–Trinajstić information content (AvgIpc) is 2.91. The van der Waals surface area contributed by atoms with Crippen molar-refractivity contribution in [3.05, 3.63) is 60.2 Å². The number of aliphatic hydroxyl groups is 2. The van der Waals surface area contributed by atoms with Crippen LogP contribution < -0.4 is 0 Å². The lowest BCUT2D eigenvalue weighted by molar-refractivity contribution is -0.137. The van der Waals surface area contributed by atoms with Gasteiger partial charge < -0.3 is 15.3 Å². The molecular formula is C23H32O4. The molecule has 0 aliphatic heterocycles. The van der Waals surface area contributed by atoms with Crippen LogP contribution in [0.2, 0.25) is 0 Å². The van der Waals surface area contributed by atoms with Crippen LogP contribution in [0, 0.1) is 11.8 Å². The van der Waals surface area contributed by atoms with Crippen LogP contribution in [0.25, 0.3) is 0 Å². The summed E-state index contributed by atoms with van der Waals surface area (Å²) in [4.78, 5) is 10.5. The molecule has 4 heteroatoms. The van der Waals surface area contributed by atoms with Gasteiger partial charge >= 0.3 is 5.97 Å². The van der Waals surface area contributed by atoms with Crippen molar-refractivity contribution >= 4 is 5.97 Å². The Balaban J connectivity index is 1.75. The Labute approximate surface area is 162 Å². The molecule has 1 aliphatic carbocycles. The molecule has 0 bridgehead atoms. The Morgan fingerprint density at radius 2 is 1.74 bits per heavy atom. The number of aliphatic carboxylic acids is 1. The number of unbranched alkanes of at least 4 members (excludes halogenated alkanes) is 2. The van der Waals surface area contributed by atoms with Gasteiger partial charge in [0.05, 0.1) is 12.2 Å². The van der Waals surface area contributed by atoms with E-state index in [4.69, 9.17) is 5.11 Å². The maximum atomic E-state index is 10.5. The van der Waals surface area contributed by atoms with Crippen LogP contribution in [0.15, 0.2) is 54.6 Å². The number of carboxylic acids is 1. The van der Waals surface area contributed by atoms with Crippen molar-refractivity contribution in [3.63, 3.8) is 0 Å². The molecule has 3 N–H and O–H groups in total. The number of rotatable bonds is 11. The largest absolute Gasteiger partial charge is 0.481 e. The molecule has 4 atom stereocenters. The standard InChI is InChI=1S/C23H32O4/c24-21-17-22(25)20(19(21)14-8-1-2-10-16-23(26)27)15-9-4-7-13-18-11-5-3-6-12-18/h1,3,5-6,8-9,11-12,15,19-22,24-25H,2,4,7,10,13-14,16-17H2,(H,26,27)/b8-1-,15-9+/t19-,20-,21+,22-/m1/s1. The van der Waals surface area contributed by atoms with Crippen LogP contribution in [0.3, 0.4) is 0 Å². The predicted molar refractivity (Wildman–Crippen MR) is 107 cm³/mol. The zero-order valence-corrected chi connectivity index (χ0v) is 15.9. The highest BCUT2D eigenvalue weighted by molar-refractivity contribution is 5.66. The number of benzene rings is 1. The van der Waals surface area contributed by atoms with Gasteiger partial charge in [0.25, 0.3) is 0 Å². The molecule has 148 valence electrons. The number of aryl methyl sites for hydroxylation is 1. The highest BCUT2D eigenvalue weighted by Crippen LogP contribution is 2.36. The summed E-state index contributed by atoms with van der Waals surface area (Å²) in [5.74, 6) is -0.753. The second-order valence-corrected chi connectivity index (χ2v) is 7.41. The monoisotopic (exact) mass is 372 g/mol. The molecule has 1 saturated carbocycles. The summed E-state index contributed by atoms with van der Waals surface area (Å²) in [5.41, 5.74) is 1.34. The van der Waals surface area contributed by atoms with Crippen LogP contribution in [0.5, 0.6) is 0 Å². The molecule has 4 nitrogen and oxygen atoms in total. The molecule has 0 spiro atoms. The molecule has 2 rings (SSSR count). The summed E-state index contributed by atoms with van der Waals surface area (Å²) in [7, 11) is 0. The minimum absolute atomic E-state index is 0.0135. The summed E-state index contributed by atoms with van der Waals surface area (Å²) in [6.45, 7) is 0. The number of carboxylic acid groups (broad SMARTS) is 1. The summed E-state index contributed by atoms with van der Waals surface area (Å²) < 4.78 is 0. The van der Waals surface area contributed by atoms with Crippen molar-refractivity contribution in [2.75, 3.05) is 0 Å². The van der Waals surface area contributed by atoms with Crippen molar-refractivity contribution in [2.24, 2.45) is 11.8 Å². The quantitative estimate of drug-likeness (QED) is 0.403. The van der Waals surface area contributed by atoms with Gasteiger partial charge in [-0.1, -0.05) is 54.6 Å². The highest BCUT2D eigenvalue weighted by Gasteiger charge is 2.39. The van der Waals surface area contributed by atoms with Gasteiger partial charge in [-0.05, 0) is 50.0 Å². The van der Waals surface area contributed by atoms with Gasteiger partial charge in [0.2, 0.25) is 0 Å². The smallest absolute Gasteiger partial charge is 0.303 e. The Morgan fingerprint density at radius 3 is 2.48 bits per heavy atom. The maximum Gasteiger partial charge on any atom is 0.303 e. The van der Waals surface area contributed by atoms with E-state index < -0.39 is 18.2 Å².